The number of nitrogens with one attached hydrogen (secondary N) is 1. The van der Waals surface area contributed by atoms with E-state index in [1.165, 1.54) is 0 Å². The van der Waals surface area contributed by atoms with Crippen molar-refractivity contribution in [2.45, 2.75) is 19.8 Å². The molecule has 0 aliphatic carbocycles. The Labute approximate surface area is 66.8 Å². The second-order valence-corrected chi connectivity index (χ2v) is 3.26. The van der Waals surface area contributed by atoms with Crippen molar-refractivity contribution in [2.75, 3.05) is 13.2 Å². The Bertz CT molecular complexity index is 147. The second kappa shape index (κ2) is 3.72. The average molecular weight is 157 g/mol. The van der Waals surface area contributed by atoms with Gasteiger partial charge < -0.3 is 10.4 Å². The highest BCUT2D eigenvalue weighted by Gasteiger charge is 2.23. The minimum atomic E-state index is 0.126. The van der Waals surface area contributed by atoms with Crippen LogP contribution in [0, 0.1) is 11.8 Å². The number of carbonyl (C=O) groups is 1. The summed E-state index contributed by atoms with van der Waals surface area (Å²) in [5.41, 5.74) is 0. The zero-order chi connectivity index (χ0) is 8.27. The molecular weight excluding hydrogens is 142 g/mol. The van der Waals surface area contributed by atoms with Gasteiger partial charge in [0.25, 0.3) is 0 Å². The van der Waals surface area contributed by atoms with Crippen LogP contribution in [0.5, 0.6) is 0 Å². The van der Waals surface area contributed by atoms with Crippen LogP contribution in [0.25, 0.3) is 0 Å². The van der Waals surface area contributed by atoms with Gasteiger partial charge in [-0.15, -0.1) is 0 Å². The number of piperidine rings is 1. The predicted octanol–water partition coefficient (Wildman–Crippen LogP) is 0.141. The van der Waals surface area contributed by atoms with Gasteiger partial charge in [0.15, 0.2) is 0 Å². The molecule has 3 heteroatoms. The van der Waals surface area contributed by atoms with Crippen LogP contribution in [-0.4, -0.2) is 24.2 Å². The molecule has 1 saturated heterocycles. The molecule has 0 radical (unpaired) electrons. The van der Waals surface area contributed by atoms with Gasteiger partial charge in [0, 0.05) is 19.6 Å². The first-order valence-corrected chi connectivity index (χ1v) is 4.11. The van der Waals surface area contributed by atoms with Crippen LogP contribution in [0.1, 0.15) is 19.8 Å². The highest BCUT2D eigenvalue weighted by Crippen LogP contribution is 2.21. The van der Waals surface area contributed by atoms with Gasteiger partial charge >= 0.3 is 0 Å². The maximum absolute atomic E-state index is 10.9. The quantitative estimate of drug-likeness (QED) is 0.599. The van der Waals surface area contributed by atoms with Gasteiger partial charge in [-0.2, -0.15) is 0 Å². The van der Waals surface area contributed by atoms with Crippen molar-refractivity contribution < 1.29 is 9.90 Å². The van der Waals surface area contributed by atoms with Gasteiger partial charge in [0.05, 0.1) is 0 Å². The van der Waals surface area contributed by atoms with E-state index in [9.17, 15) is 4.79 Å². The molecule has 1 rings (SSSR count). The summed E-state index contributed by atoms with van der Waals surface area (Å²) in [6.07, 6.45) is 1.59. The van der Waals surface area contributed by atoms with Crippen LogP contribution < -0.4 is 5.32 Å². The zero-order valence-electron chi connectivity index (χ0n) is 6.84. The maximum atomic E-state index is 10.9. The van der Waals surface area contributed by atoms with E-state index in [1.807, 2.05) is 6.92 Å². The largest absolute Gasteiger partial charge is 0.396 e. The van der Waals surface area contributed by atoms with Crippen molar-refractivity contribution in [3.63, 3.8) is 0 Å². The first-order valence-electron chi connectivity index (χ1n) is 4.11. The molecule has 64 valence electrons. The van der Waals surface area contributed by atoms with Crippen molar-refractivity contribution >= 4 is 5.91 Å². The molecular formula is C8H15NO2. The molecule has 1 heterocycles. The Hall–Kier alpha value is -0.570. The number of rotatable bonds is 2. The number of amides is 1. The molecule has 0 aromatic rings. The monoisotopic (exact) mass is 157 g/mol. The van der Waals surface area contributed by atoms with E-state index in [2.05, 4.69) is 5.32 Å². The summed E-state index contributed by atoms with van der Waals surface area (Å²) in [6.45, 7) is 2.95. The fraction of sp³-hybridized carbons (Fsp3) is 0.875. The smallest absolute Gasteiger partial charge is 0.220 e. The van der Waals surface area contributed by atoms with E-state index < -0.39 is 0 Å². The van der Waals surface area contributed by atoms with E-state index in [4.69, 9.17) is 5.11 Å². The summed E-state index contributed by atoms with van der Waals surface area (Å²) in [7, 11) is 0. The van der Waals surface area contributed by atoms with Crippen molar-refractivity contribution in [1.82, 2.24) is 5.32 Å². The third-order valence-corrected chi connectivity index (χ3v) is 2.38. The summed E-state index contributed by atoms with van der Waals surface area (Å²) in [6, 6.07) is 0. The minimum Gasteiger partial charge on any atom is -0.396 e. The molecule has 0 aromatic carbocycles. The fourth-order valence-corrected chi connectivity index (χ4v) is 1.44. The van der Waals surface area contributed by atoms with Crippen LogP contribution in [0.4, 0.5) is 0 Å². The lowest BCUT2D eigenvalue weighted by Gasteiger charge is -2.26. The van der Waals surface area contributed by atoms with Crippen molar-refractivity contribution in [2.24, 2.45) is 11.8 Å². The number of hydrogen-bond donors (Lipinski definition) is 2. The average Bonchev–Trinajstić information content (AvgIpc) is 2.03. The van der Waals surface area contributed by atoms with Crippen LogP contribution in [0.2, 0.25) is 0 Å². The SMILES string of the molecule is CC(CO)C1CCNC(=O)C1. The van der Waals surface area contributed by atoms with E-state index in [0.29, 0.717) is 12.3 Å². The second-order valence-electron chi connectivity index (χ2n) is 3.26. The molecule has 0 bridgehead atoms. The number of carbonyl (C=O) groups excluding carboxylic acids is 1. The standard InChI is InChI=1S/C8H15NO2/c1-6(5-10)7-2-3-9-8(11)4-7/h6-7,10H,2-5H2,1H3,(H,9,11). The van der Waals surface area contributed by atoms with Gasteiger partial charge in [-0.05, 0) is 18.3 Å². The number of aliphatic hydroxyl groups excluding tert-OH is 1. The Kier molecular flexibility index (Phi) is 2.88. The van der Waals surface area contributed by atoms with Crippen LogP contribution >= 0.6 is 0 Å². The zero-order valence-corrected chi connectivity index (χ0v) is 6.84. The van der Waals surface area contributed by atoms with E-state index in [1.54, 1.807) is 0 Å². The molecule has 2 atom stereocenters. The van der Waals surface area contributed by atoms with Gasteiger partial charge in [0.1, 0.15) is 0 Å². The van der Waals surface area contributed by atoms with Crippen LogP contribution in [0.15, 0.2) is 0 Å². The Morgan fingerprint density at radius 2 is 2.55 bits per heavy atom. The molecule has 0 saturated carbocycles. The number of hydrogen-bond acceptors (Lipinski definition) is 2. The first-order chi connectivity index (χ1) is 5.24. The van der Waals surface area contributed by atoms with Crippen LogP contribution in [-0.2, 0) is 4.79 Å². The number of aliphatic hydroxyl groups is 1. The van der Waals surface area contributed by atoms with Gasteiger partial charge in [-0.3, -0.25) is 4.79 Å². The molecule has 3 nitrogen and oxygen atoms in total. The van der Waals surface area contributed by atoms with Gasteiger partial charge in [0.2, 0.25) is 5.91 Å². The van der Waals surface area contributed by atoms with Gasteiger partial charge in [-0.1, -0.05) is 6.92 Å². The van der Waals surface area contributed by atoms with Crippen molar-refractivity contribution in [3.05, 3.63) is 0 Å². The lowest BCUT2D eigenvalue weighted by atomic mass is 9.86. The topological polar surface area (TPSA) is 49.3 Å². The third kappa shape index (κ3) is 2.19. The normalized spacial score (nSPS) is 27.8. The predicted molar refractivity (Wildman–Crippen MR) is 42.0 cm³/mol. The Morgan fingerprint density at radius 1 is 1.82 bits per heavy atom. The van der Waals surface area contributed by atoms with Crippen molar-refractivity contribution in [1.29, 1.82) is 0 Å². The maximum Gasteiger partial charge on any atom is 0.220 e. The molecule has 1 fully saturated rings. The van der Waals surface area contributed by atoms with Crippen molar-refractivity contribution in [3.8, 4) is 0 Å². The molecule has 1 aliphatic heterocycles. The lowest BCUT2D eigenvalue weighted by Crippen LogP contribution is -2.36. The molecule has 0 spiro atoms. The van der Waals surface area contributed by atoms with Crippen LogP contribution in [0.3, 0.4) is 0 Å². The van der Waals surface area contributed by atoms with E-state index in [-0.39, 0.29) is 18.4 Å². The third-order valence-electron chi connectivity index (χ3n) is 2.38. The molecule has 1 amide bonds. The molecule has 2 unspecified atom stereocenters. The fourth-order valence-electron chi connectivity index (χ4n) is 1.44. The van der Waals surface area contributed by atoms with Gasteiger partial charge in [-0.25, -0.2) is 0 Å². The summed E-state index contributed by atoms with van der Waals surface area (Å²) in [5.74, 6) is 0.774. The summed E-state index contributed by atoms with van der Waals surface area (Å²) >= 11 is 0. The molecule has 2 N–H and O–H groups in total. The summed E-state index contributed by atoms with van der Waals surface area (Å²) < 4.78 is 0. The molecule has 0 aromatic heterocycles. The molecule has 11 heavy (non-hydrogen) atoms. The Balaban J connectivity index is 2.39. The highest BCUT2D eigenvalue weighted by molar-refractivity contribution is 5.76. The molecule has 1 aliphatic rings. The summed E-state index contributed by atoms with van der Waals surface area (Å²) in [5, 5.41) is 11.6. The minimum absolute atomic E-state index is 0.126. The summed E-state index contributed by atoms with van der Waals surface area (Å²) in [4.78, 5) is 10.9. The first kappa shape index (κ1) is 8.53. The highest BCUT2D eigenvalue weighted by atomic mass is 16.3. The lowest BCUT2D eigenvalue weighted by molar-refractivity contribution is -0.124. The Morgan fingerprint density at radius 3 is 3.09 bits per heavy atom. The van der Waals surface area contributed by atoms with E-state index in [0.717, 1.165) is 13.0 Å². The van der Waals surface area contributed by atoms with E-state index >= 15 is 0 Å².